The van der Waals surface area contributed by atoms with Gasteiger partial charge < -0.3 is 14.2 Å². The third kappa shape index (κ3) is 49.8. The lowest BCUT2D eigenvalue weighted by Gasteiger charge is -2.18. The van der Waals surface area contributed by atoms with Crippen LogP contribution in [0.15, 0.2) is 0 Å². The van der Waals surface area contributed by atoms with Crippen molar-refractivity contribution in [1.29, 1.82) is 0 Å². The normalized spacial score (nSPS) is 12.5. The molecule has 0 amide bonds. The first-order chi connectivity index (χ1) is 31.3. The van der Waals surface area contributed by atoms with Gasteiger partial charge in [-0.3, -0.25) is 14.4 Å². The summed E-state index contributed by atoms with van der Waals surface area (Å²) in [5.74, 6) is 0.883. The zero-order valence-corrected chi connectivity index (χ0v) is 43.9. The summed E-state index contributed by atoms with van der Waals surface area (Å²) in [5, 5.41) is 0. The number of esters is 3. The Morgan fingerprint density at radius 1 is 0.328 bits per heavy atom. The van der Waals surface area contributed by atoms with Gasteiger partial charge >= 0.3 is 17.9 Å². The highest BCUT2D eigenvalue weighted by molar-refractivity contribution is 5.71. The average molecular weight is 906 g/mol. The standard InChI is InChI=1S/C58H112O6/c1-6-8-9-10-11-12-13-14-18-24-30-35-40-45-50-58(61)64-55(52-63-57(60)49-44-39-34-29-25-20-21-26-31-36-41-46-53(3)4)51-62-56(59)48-43-38-33-28-23-19-16-15-17-22-27-32-37-42-47-54(5)7-2/h53-55H,6-52H2,1-5H3/t54?,55-/m1/s1. The molecule has 0 radical (unpaired) electrons. The molecular formula is C58H112O6. The predicted octanol–water partition coefficient (Wildman–Crippen LogP) is 18.9. The number of carbonyl (C=O) groups excluding carboxylic acids is 3. The fourth-order valence-electron chi connectivity index (χ4n) is 8.84. The maximum Gasteiger partial charge on any atom is 0.306 e. The molecule has 0 aromatic carbocycles. The lowest BCUT2D eigenvalue weighted by Crippen LogP contribution is -2.30. The van der Waals surface area contributed by atoms with E-state index in [1.54, 1.807) is 0 Å². The molecule has 380 valence electrons. The smallest absolute Gasteiger partial charge is 0.306 e. The van der Waals surface area contributed by atoms with Crippen LogP contribution in [0.3, 0.4) is 0 Å². The molecule has 0 aliphatic carbocycles. The Balaban J connectivity index is 4.29. The summed E-state index contributed by atoms with van der Waals surface area (Å²) in [7, 11) is 0. The van der Waals surface area contributed by atoms with Crippen LogP contribution in [0.5, 0.6) is 0 Å². The molecule has 0 rings (SSSR count). The minimum atomic E-state index is -0.762. The van der Waals surface area contributed by atoms with Crippen LogP contribution in [0.2, 0.25) is 0 Å². The molecule has 0 bridgehead atoms. The van der Waals surface area contributed by atoms with Gasteiger partial charge in [0.1, 0.15) is 13.2 Å². The second kappa shape index (κ2) is 50.8. The van der Waals surface area contributed by atoms with Gasteiger partial charge in [0.2, 0.25) is 0 Å². The van der Waals surface area contributed by atoms with Crippen LogP contribution < -0.4 is 0 Å². The minimum Gasteiger partial charge on any atom is -0.462 e. The molecule has 0 spiro atoms. The van der Waals surface area contributed by atoms with Gasteiger partial charge in [0.05, 0.1) is 0 Å². The molecule has 0 heterocycles. The second-order valence-corrected chi connectivity index (χ2v) is 20.6. The Morgan fingerprint density at radius 2 is 0.594 bits per heavy atom. The molecule has 2 atom stereocenters. The fourth-order valence-corrected chi connectivity index (χ4v) is 8.84. The topological polar surface area (TPSA) is 78.9 Å². The van der Waals surface area contributed by atoms with Crippen molar-refractivity contribution in [2.75, 3.05) is 13.2 Å². The molecule has 0 aliphatic rings. The van der Waals surface area contributed by atoms with Crippen LogP contribution >= 0.6 is 0 Å². The van der Waals surface area contributed by atoms with E-state index in [9.17, 15) is 14.4 Å². The van der Waals surface area contributed by atoms with E-state index in [0.29, 0.717) is 19.3 Å². The summed E-state index contributed by atoms with van der Waals surface area (Å²) in [6.07, 6.45) is 53.7. The lowest BCUT2D eigenvalue weighted by molar-refractivity contribution is -0.167. The van der Waals surface area contributed by atoms with Crippen molar-refractivity contribution in [2.24, 2.45) is 11.8 Å². The van der Waals surface area contributed by atoms with Crippen LogP contribution in [-0.4, -0.2) is 37.2 Å². The first-order valence-electron chi connectivity index (χ1n) is 28.8. The number of unbranched alkanes of at least 4 members (excludes halogenated alkanes) is 36. The number of carbonyl (C=O) groups is 3. The van der Waals surface area contributed by atoms with E-state index in [-0.39, 0.29) is 31.1 Å². The largest absolute Gasteiger partial charge is 0.462 e. The molecule has 0 aromatic heterocycles. The van der Waals surface area contributed by atoms with E-state index < -0.39 is 6.10 Å². The zero-order valence-electron chi connectivity index (χ0n) is 43.9. The number of ether oxygens (including phenoxy) is 3. The highest BCUT2D eigenvalue weighted by Gasteiger charge is 2.19. The van der Waals surface area contributed by atoms with Gasteiger partial charge in [0.15, 0.2) is 6.10 Å². The third-order valence-corrected chi connectivity index (χ3v) is 13.6. The van der Waals surface area contributed by atoms with Crippen molar-refractivity contribution in [3.05, 3.63) is 0 Å². The highest BCUT2D eigenvalue weighted by Crippen LogP contribution is 2.18. The molecule has 1 unspecified atom stereocenters. The Hall–Kier alpha value is -1.59. The average Bonchev–Trinajstić information content (AvgIpc) is 3.28. The molecule has 0 N–H and O–H groups in total. The highest BCUT2D eigenvalue weighted by atomic mass is 16.6. The molecule has 6 nitrogen and oxygen atoms in total. The van der Waals surface area contributed by atoms with E-state index in [0.717, 1.165) is 69.6 Å². The van der Waals surface area contributed by atoms with Crippen LogP contribution in [0.1, 0.15) is 324 Å². The summed E-state index contributed by atoms with van der Waals surface area (Å²) >= 11 is 0. The first-order valence-corrected chi connectivity index (χ1v) is 28.8. The van der Waals surface area contributed by atoms with Gasteiger partial charge in [0, 0.05) is 19.3 Å². The van der Waals surface area contributed by atoms with E-state index >= 15 is 0 Å². The van der Waals surface area contributed by atoms with Crippen LogP contribution in [0.4, 0.5) is 0 Å². The van der Waals surface area contributed by atoms with Gasteiger partial charge in [-0.15, -0.1) is 0 Å². The SMILES string of the molecule is CCCCCCCCCCCCCCCCC(=O)O[C@H](COC(=O)CCCCCCCCCCCCCCCCC(C)CC)COC(=O)CCCCCCCCCCCCCC(C)C. The van der Waals surface area contributed by atoms with E-state index in [2.05, 4.69) is 34.6 Å². The Bertz CT molecular complexity index is 980. The van der Waals surface area contributed by atoms with Gasteiger partial charge in [-0.25, -0.2) is 0 Å². The van der Waals surface area contributed by atoms with Crippen molar-refractivity contribution in [3.8, 4) is 0 Å². The molecule has 0 saturated heterocycles. The second-order valence-electron chi connectivity index (χ2n) is 20.6. The van der Waals surface area contributed by atoms with Crippen LogP contribution in [-0.2, 0) is 28.6 Å². The lowest BCUT2D eigenvalue weighted by atomic mass is 9.99. The fraction of sp³-hybridized carbons (Fsp3) is 0.948. The van der Waals surface area contributed by atoms with Gasteiger partial charge in [-0.1, -0.05) is 285 Å². The van der Waals surface area contributed by atoms with Crippen molar-refractivity contribution in [1.82, 2.24) is 0 Å². The van der Waals surface area contributed by atoms with Gasteiger partial charge in [0.25, 0.3) is 0 Å². The maximum absolute atomic E-state index is 12.8. The van der Waals surface area contributed by atoms with Gasteiger partial charge in [-0.2, -0.15) is 0 Å². The molecule has 0 saturated carbocycles. The monoisotopic (exact) mass is 905 g/mol. The van der Waals surface area contributed by atoms with Crippen LogP contribution in [0.25, 0.3) is 0 Å². The zero-order chi connectivity index (χ0) is 46.8. The molecule has 0 aliphatic heterocycles. The first kappa shape index (κ1) is 62.4. The van der Waals surface area contributed by atoms with Crippen molar-refractivity contribution in [2.45, 2.75) is 330 Å². The van der Waals surface area contributed by atoms with Crippen molar-refractivity contribution < 1.29 is 28.6 Å². The van der Waals surface area contributed by atoms with Gasteiger partial charge in [-0.05, 0) is 31.1 Å². The summed E-state index contributed by atoms with van der Waals surface area (Å²) in [5.41, 5.74) is 0. The molecule has 64 heavy (non-hydrogen) atoms. The quantitative estimate of drug-likeness (QED) is 0.0344. The minimum absolute atomic E-state index is 0.0627. The third-order valence-electron chi connectivity index (χ3n) is 13.6. The molecule has 6 heteroatoms. The molecule has 0 fully saturated rings. The number of hydrogen-bond acceptors (Lipinski definition) is 6. The molecule has 0 aromatic rings. The van der Waals surface area contributed by atoms with E-state index in [1.165, 1.54) is 212 Å². The summed E-state index contributed by atoms with van der Waals surface area (Å²) < 4.78 is 16.9. The van der Waals surface area contributed by atoms with E-state index in [1.807, 2.05) is 0 Å². The number of hydrogen-bond donors (Lipinski definition) is 0. The van der Waals surface area contributed by atoms with E-state index in [4.69, 9.17) is 14.2 Å². The summed E-state index contributed by atoms with van der Waals surface area (Å²) in [6, 6.07) is 0. The Kier molecular flexibility index (Phi) is 49.6. The Labute approximate surface area is 399 Å². The van der Waals surface area contributed by atoms with Crippen LogP contribution in [0, 0.1) is 11.8 Å². The Morgan fingerprint density at radius 3 is 0.891 bits per heavy atom. The maximum atomic E-state index is 12.8. The van der Waals surface area contributed by atoms with Crippen molar-refractivity contribution >= 4 is 17.9 Å². The predicted molar refractivity (Wildman–Crippen MR) is 275 cm³/mol. The summed E-state index contributed by atoms with van der Waals surface area (Å²) in [4.78, 5) is 38.1. The number of rotatable bonds is 52. The molecular weight excluding hydrogens is 793 g/mol. The summed E-state index contributed by atoms with van der Waals surface area (Å²) in [6.45, 7) is 11.4. The van der Waals surface area contributed by atoms with Crippen molar-refractivity contribution in [3.63, 3.8) is 0 Å².